The van der Waals surface area contributed by atoms with Crippen molar-refractivity contribution in [3.05, 3.63) is 0 Å². The van der Waals surface area contributed by atoms with Crippen LogP contribution in [0.4, 0.5) is 0 Å². The Morgan fingerprint density at radius 2 is 2.21 bits per heavy atom. The maximum absolute atomic E-state index is 11.8. The number of likely N-dealkylation sites (N-methyl/N-ethyl adjacent to an activating group) is 1. The topological polar surface area (TPSA) is 20.3 Å². The van der Waals surface area contributed by atoms with Crippen molar-refractivity contribution in [2.45, 2.75) is 38.8 Å². The Balaban J connectivity index is 2.09. The Morgan fingerprint density at radius 3 is 2.86 bits per heavy atom. The summed E-state index contributed by atoms with van der Waals surface area (Å²) < 4.78 is 0. The molecule has 0 aromatic carbocycles. The van der Waals surface area contributed by atoms with E-state index >= 15 is 0 Å². The number of nitrogens with zero attached hydrogens (tertiary/aromatic N) is 1. The highest BCUT2D eigenvalue weighted by Crippen LogP contribution is 2.39. The number of ketones is 1. The van der Waals surface area contributed by atoms with Crippen LogP contribution in [-0.4, -0.2) is 40.8 Å². The van der Waals surface area contributed by atoms with E-state index in [-0.39, 0.29) is 6.04 Å². The Labute approximate surface area is 90.4 Å². The largest absolute Gasteiger partial charge is 0.298 e. The first kappa shape index (κ1) is 10.5. The molecule has 0 amide bonds. The molecule has 0 spiro atoms. The van der Waals surface area contributed by atoms with Gasteiger partial charge in [-0.25, -0.2) is 0 Å². The maximum Gasteiger partial charge on any atom is 0.149 e. The highest BCUT2D eigenvalue weighted by molar-refractivity contribution is 7.99. The summed E-state index contributed by atoms with van der Waals surface area (Å²) in [6.45, 7) is 5.21. The monoisotopic (exact) mass is 213 g/mol. The predicted octanol–water partition coefficient (Wildman–Crippen LogP) is 1.79. The molecule has 2 fully saturated rings. The summed E-state index contributed by atoms with van der Waals surface area (Å²) in [4.78, 5) is 14.2. The van der Waals surface area contributed by atoms with Crippen LogP contribution in [0.5, 0.6) is 0 Å². The lowest BCUT2D eigenvalue weighted by atomic mass is 10.0. The van der Waals surface area contributed by atoms with E-state index in [1.807, 2.05) is 6.92 Å². The number of carbonyl (C=O) groups is 1. The number of fused-ring (bicyclic) bond motifs is 1. The lowest BCUT2D eigenvalue weighted by Crippen LogP contribution is -2.41. The summed E-state index contributed by atoms with van der Waals surface area (Å²) in [5, 5.41) is 0. The third-order valence-electron chi connectivity index (χ3n) is 3.60. The number of likely N-dealkylation sites (tertiary alicyclic amines) is 1. The van der Waals surface area contributed by atoms with Gasteiger partial charge in [0.05, 0.1) is 6.04 Å². The Bertz CT molecular complexity index is 231. The molecule has 0 bridgehead atoms. The number of hydrogen-bond donors (Lipinski definition) is 0. The highest BCUT2D eigenvalue weighted by atomic mass is 32.2. The van der Waals surface area contributed by atoms with Gasteiger partial charge in [0.15, 0.2) is 0 Å². The molecule has 3 atom stereocenters. The van der Waals surface area contributed by atoms with Crippen LogP contribution in [-0.2, 0) is 4.79 Å². The van der Waals surface area contributed by atoms with Crippen LogP contribution >= 0.6 is 11.8 Å². The van der Waals surface area contributed by atoms with E-state index in [0.29, 0.717) is 18.2 Å². The van der Waals surface area contributed by atoms with Crippen LogP contribution in [0.3, 0.4) is 0 Å². The molecule has 0 aliphatic carbocycles. The van der Waals surface area contributed by atoms with Gasteiger partial charge in [-0.2, -0.15) is 11.8 Å². The SMILES string of the molecule is CCC(=O)C1CC2CSCC2N1CC. The fraction of sp³-hybridized carbons (Fsp3) is 0.909. The molecule has 2 aliphatic heterocycles. The number of thioether (sulfide) groups is 1. The average molecular weight is 213 g/mol. The van der Waals surface area contributed by atoms with E-state index in [0.717, 1.165) is 18.9 Å². The zero-order valence-corrected chi connectivity index (χ0v) is 9.85. The molecule has 2 aliphatic rings. The minimum atomic E-state index is 0.251. The minimum Gasteiger partial charge on any atom is -0.298 e. The van der Waals surface area contributed by atoms with Gasteiger partial charge in [0.2, 0.25) is 0 Å². The molecular weight excluding hydrogens is 194 g/mol. The first-order valence-electron chi connectivity index (χ1n) is 5.64. The average Bonchev–Trinajstić information content (AvgIpc) is 2.74. The van der Waals surface area contributed by atoms with Crippen molar-refractivity contribution in [1.29, 1.82) is 0 Å². The Kier molecular flexibility index (Phi) is 3.17. The molecule has 2 saturated heterocycles. The number of Topliss-reactive ketones (excluding diaryl/α,β-unsaturated/α-hetero) is 1. The van der Waals surface area contributed by atoms with Gasteiger partial charge in [-0.1, -0.05) is 13.8 Å². The van der Waals surface area contributed by atoms with Gasteiger partial charge in [-0.15, -0.1) is 0 Å². The molecule has 3 unspecified atom stereocenters. The maximum atomic E-state index is 11.8. The lowest BCUT2D eigenvalue weighted by molar-refractivity contribution is -0.123. The van der Waals surface area contributed by atoms with Crippen LogP contribution in [0, 0.1) is 5.92 Å². The molecule has 0 N–H and O–H groups in total. The van der Waals surface area contributed by atoms with E-state index in [1.54, 1.807) is 0 Å². The molecule has 0 saturated carbocycles. The number of hydrogen-bond acceptors (Lipinski definition) is 3. The van der Waals surface area contributed by atoms with Crippen molar-refractivity contribution >= 4 is 17.5 Å². The lowest BCUT2D eigenvalue weighted by Gasteiger charge is -2.26. The molecular formula is C11H19NOS. The van der Waals surface area contributed by atoms with Crippen LogP contribution in [0.15, 0.2) is 0 Å². The van der Waals surface area contributed by atoms with Crippen LogP contribution in [0.1, 0.15) is 26.7 Å². The van der Waals surface area contributed by atoms with Crippen LogP contribution in [0.2, 0.25) is 0 Å². The number of carbonyl (C=O) groups excluding carboxylic acids is 1. The second-order valence-corrected chi connectivity index (χ2v) is 5.34. The second kappa shape index (κ2) is 4.23. The molecule has 2 nitrogen and oxygen atoms in total. The van der Waals surface area contributed by atoms with Crippen molar-refractivity contribution in [2.75, 3.05) is 18.1 Å². The van der Waals surface area contributed by atoms with Gasteiger partial charge in [0.1, 0.15) is 5.78 Å². The zero-order chi connectivity index (χ0) is 10.1. The normalized spacial score (nSPS) is 37.4. The van der Waals surface area contributed by atoms with Gasteiger partial charge < -0.3 is 0 Å². The summed E-state index contributed by atoms with van der Waals surface area (Å²) in [6.07, 6.45) is 1.83. The van der Waals surface area contributed by atoms with E-state index in [9.17, 15) is 4.79 Å². The van der Waals surface area contributed by atoms with E-state index in [2.05, 4.69) is 23.6 Å². The van der Waals surface area contributed by atoms with E-state index < -0.39 is 0 Å². The molecule has 2 rings (SSSR count). The first-order chi connectivity index (χ1) is 6.77. The fourth-order valence-electron chi connectivity index (χ4n) is 2.84. The molecule has 2 heterocycles. The summed E-state index contributed by atoms with van der Waals surface area (Å²) in [6, 6.07) is 0.950. The van der Waals surface area contributed by atoms with E-state index in [1.165, 1.54) is 11.5 Å². The van der Waals surface area contributed by atoms with Gasteiger partial charge in [-0.3, -0.25) is 9.69 Å². The highest BCUT2D eigenvalue weighted by Gasteiger charge is 2.45. The summed E-state index contributed by atoms with van der Waals surface area (Å²) >= 11 is 2.05. The first-order valence-corrected chi connectivity index (χ1v) is 6.79. The smallest absolute Gasteiger partial charge is 0.149 e. The quantitative estimate of drug-likeness (QED) is 0.713. The van der Waals surface area contributed by atoms with Gasteiger partial charge in [-0.05, 0) is 24.6 Å². The van der Waals surface area contributed by atoms with Gasteiger partial charge >= 0.3 is 0 Å². The van der Waals surface area contributed by atoms with Crippen LogP contribution < -0.4 is 0 Å². The van der Waals surface area contributed by atoms with Gasteiger partial charge in [0.25, 0.3) is 0 Å². The molecule has 3 heteroatoms. The standard InChI is InChI=1S/C11H19NOS/c1-3-11(13)9-5-8-6-14-7-10(8)12(9)4-2/h8-10H,3-7H2,1-2H3. The second-order valence-electron chi connectivity index (χ2n) is 4.27. The van der Waals surface area contributed by atoms with Crippen molar-refractivity contribution in [2.24, 2.45) is 5.92 Å². The summed E-state index contributed by atoms with van der Waals surface area (Å²) in [5.74, 6) is 3.76. The molecule has 80 valence electrons. The fourth-order valence-corrected chi connectivity index (χ4v) is 4.34. The third-order valence-corrected chi connectivity index (χ3v) is 4.84. The number of rotatable bonds is 3. The van der Waals surface area contributed by atoms with Crippen LogP contribution in [0.25, 0.3) is 0 Å². The van der Waals surface area contributed by atoms with Crippen molar-refractivity contribution in [3.8, 4) is 0 Å². The van der Waals surface area contributed by atoms with Crippen molar-refractivity contribution in [3.63, 3.8) is 0 Å². The van der Waals surface area contributed by atoms with Gasteiger partial charge in [0, 0.05) is 18.2 Å². The Morgan fingerprint density at radius 1 is 1.43 bits per heavy atom. The zero-order valence-electron chi connectivity index (χ0n) is 9.03. The predicted molar refractivity (Wildman–Crippen MR) is 60.7 cm³/mol. The minimum absolute atomic E-state index is 0.251. The third kappa shape index (κ3) is 1.61. The Hall–Kier alpha value is -0.0200. The summed E-state index contributed by atoms with van der Waals surface area (Å²) in [5.41, 5.74) is 0. The van der Waals surface area contributed by atoms with E-state index in [4.69, 9.17) is 0 Å². The summed E-state index contributed by atoms with van der Waals surface area (Å²) in [7, 11) is 0. The van der Waals surface area contributed by atoms with Crippen molar-refractivity contribution in [1.82, 2.24) is 4.90 Å². The van der Waals surface area contributed by atoms with Crippen molar-refractivity contribution < 1.29 is 4.79 Å². The molecule has 0 aromatic rings. The molecule has 0 radical (unpaired) electrons. The molecule has 0 aromatic heterocycles. The molecule has 14 heavy (non-hydrogen) atoms.